The Bertz CT molecular complexity index is 1740. The Balaban J connectivity index is 1.47. The average molecular weight is 481 g/mol. The molecule has 2 N–H and O–H groups in total. The molecule has 6 aromatic rings. The van der Waals surface area contributed by atoms with Gasteiger partial charge in [0, 0.05) is 43.7 Å². The van der Waals surface area contributed by atoms with Gasteiger partial charge in [0.25, 0.3) is 0 Å². The third-order valence-corrected chi connectivity index (χ3v) is 5.98. The molecule has 1 aromatic carbocycles. The van der Waals surface area contributed by atoms with E-state index in [1.54, 1.807) is 24.7 Å². The van der Waals surface area contributed by atoms with Gasteiger partial charge in [0.1, 0.15) is 17.1 Å². The molecule has 0 unspecified atom stereocenters. The predicted molar refractivity (Wildman–Crippen MR) is 136 cm³/mol. The van der Waals surface area contributed by atoms with Crippen molar-refractivity contribution in [1.29, 1.82) is 0 Å². The Labute approximate surface area is 205 Å². The predicted octanol–water partition coefficient (Wildman–Crippen LogP) is 4.84. The summed E-state index contributed by atoms with van der Waals surface area (Å²) < 4.78 is 19.4. The van der Waals surface area contributed by atoms with Gasteiger partial charge in [0.05, 0.1) is 35.7 Å². The molecule has 0 amide bonds. The number of hydrogen-bond acceptors (Lipinski definition) is 7. The van der Waals surface area contributed by atoms with Gasteiger partial charge in [0.15, 0.2) is 17.2 Å². The summed E-state index contributed by atoms with van der Waals surface area (Å²) in [6, 6.07) is 12.3. The summed E-state index contributed by atoms with van der Waals surface area (Å²) >= 11 is 0. The Morgan fingerprint density at radius 2 is 1.86 bits per heavy atom. The highest BCUT2D eigenvalue weighted by atomic mass is 19.1. The Morgan fingerprint density at radius 1 is 0.972 bits per heavy atom. The lowest BCUT2D eigenvalue weighted by Crippen LogP contribution is -2.08. The molecular weight excluding hydrogens is 459 g/mol. The molecule has 6 rings (SSSR count). The van der Waals surface area contributed by atoms with Crippen LogP contribution in [0, 0.1) is 5.82 Å². The van der Waals surface area contributed by atoms with E-state index < -0.39 is 5.82 Å². The molecule has 0 aliphatic heterocycles. The van der Waals surface area contributed by atoms with E-state index in [1.807, 2.05) is 43.3 Å². The van der Waals surface area contributed by atoms with Crippen molar-refractivity contribution in [3.8, 4) is 39.7 Å². The van der Waals surface area contributed by atoms with Crippen molar-refractivity contribution >= 4 is 27.9 Å². The van der Waals surface area contributed by atoms with E-state index in [1.165, 1.54) is 19.2 Å². The first-order valence-corrected chi connectivity index (χ1v) is 11.2. The summed E-state index contributed by atoms with van der Waals surface area (Å²) in [5, 5.41) is 7.50. The van der Waals surface area contributed by atoms with Crippen LogP contribution in [0.15, 0.2) is 61.1 Å². The third kappa shape index (κ3) is 3.68. The highest BCUT2D eigenvalue weighted by Gasteiger charge is 2.18. The summed E-state index contributed by atoms with van der Waals surface area (Å²) in [5.41, 5.74) is 7.18. The Morgan fingerprint density at radius 3 is 2.69 bits per heavy atom. The average Bonchev–Trinajstić information content (AvgIpc) is 3.51. The van der Waals surface area contributed by atoms with E-state index in [2.05, 4.69) is 30.1 Å². The number of halogens is 1. The van der Waals surface area contributed by atoms with Crippen LogP contribution in [0.25, 0.3) is 56.1 Å². The van der Waals surface area contributed by atoms with Crippen LogP contribution in [0.5, 0.6) is 5.75 Å². The SMILES string of the molecule is COc1cc(F)cc(-c2ccnc3nc(-c4n[nH]c5ccc(-c6cncc(N(C)C)c6)nc45)[nH]c23)c1. The molecule has 10 heteroatoms. The number of imidazole rings is 1. The minimum atomic E-state index is -0.392. The quantitative estimate of drug-likeness (QED) is 0.363. The first-order chi connectivity index (χ1) is 17.5. The molecule has 0 radical (unpaired) electrons. The number of hydrogen-bond donors (Lipinski definition) is 2. The second-order valence-electron chi connectivity index (χ2n) is 8.51. The number of nitrogens with zero attached hydrogens (tertiary/aromatic N) is 6. The van der Waals surface area contributed by atoms with Gasteiger partial charge in [-0.15, -0.1) is 0 Å². The maximum absolute atomic E-state index is 14.2. The molecule has 5 aromatic heterocycles. The number of aromatic nitrogens is 7. The van der Waals surface area contributed by atoms with Gasteiger partial charge in [-0.3, -0.25) is 10.1 Å². The number of fused-ring (bicyclic) bond motifs is 2. The van der Waals surface area contributed by atoms with E-state index >= 15 is 0 Å². The molecule has 36 heavy (non-hydrogen) atoms. The second-order valence-corrected chi connectivity index (χ2v) is 8.51. The summed E-state index contributed by atoms with van der Waals surface area (Å²) in [7, 11) is 5.44. The molecule has 0 atom stereocenters. The molecule has 0 bridgehead atoms. The fourth-order valence-corrected chi connectivity index (χ4v) is 4.14. The first kappa shape index (κ1) is 21.7. The minimum Gasteiger partial charge on any atom is -0.497 e. The van der Waals surface area contributed by atoms with Gasteiger partial charge in [0.2, 0.25) is 0 Å². The fraction of sp³-hybridized carbons (Fsp3) is 0.115. The summed E-state index contributed by atoms with van der Waals surface area (Å²) in [6.45, 7) is 0. The van der Waals surface area contributed by atoms with Gasteiger partial charge in [-0.2, -0.15) is 5.10 Å². The third-order valence-electron chi connectivity index (χ3n) is 5.98. The topological polar surface area (TPSA) is 108 Å². The van der Waals surface area contributed by atoms with Crippen molar-refractivity contribution in [3.63, 3.8) is 0 Å². The molecule has 0 aliphatic rings. The number of ether oxygens (including phenoxy) is 1. The fourth-order valence-electron chi connectivity index (χ4n) is 4.14. The van der Waals surface area contributed by atoms with Gasteiger partial charge in [-0.1, -0.05) is 0 Å². The zero-order valence-electron chi connectivity index (χ0n) is 19.7. The summed E-state index contributed by atoms with van der Waals surface area (Å²) in [5.74, 6) is 0.541. The van der Waals surface area contributed by atoms with E-state index in [4.69, 9.17) is 9.72 Å². The lowest BCUT2D eigenvalue weighted by molar-refractivity contribution is 0.411. The Hall–Kier alpha value is -4.86. The van der Waals surface area contributed by atoms with Crippen molar-refractivity contribution in [2.24, 2.45) is 0 Å². The zero-order chi connectivity index (χ0) is 24.8. The molecule has 0 saturated carbocycles. The number of anilines is 1. The molecule has 0 aliphatic carbocycles. The normalized spacial score (nSPS) is 11.3. The molecule has 0 spiro atoms. The van der Waals surface area contributed by atoms with Gasteiger partial charge in [-0.25, -0.2) is 19.3 Å². The molecule has 0 saturated heterocycles. The van der Waals surface area contributed by atoms with E-state index in [0.717, 1.165) is 28.0 Å². The van der Waals surface area contributed by atoms with Gasteiger partial charge < -0.3 is 14.6 Å². The van der Waals surface area contributed by atoms with Crippen LogP contribution in [0.4, 0.5) is 10.1 Å². The number of methoxy groups -OCH3 is 1. The summed E-state index contributed by atoms with van der Waals surface area (Å²) in [4.78, 5) is 23.6. The van der Waals surface area contributed by atoms with Crippen molar-refractivity contribution in [1.82, 2.24) is 35.1 Å². The van der Waals surface area contributed by atoms with Crippen LogP contribution >= 0.6 is 0 Å². The lowest BCUT2D eigenvalue weighted by Gasteiger charge is -2.12. The van der Waals surface area contributed by atoms with Crippen LogP contribution in [-0.4, -0.2) is 56.3 Å². The zero-order valence-corrected chi connectivity index (χ0v) is 19.7. The van der Waals surface area contributed by atoms with Gasteiger partial charge in [-0.05, 0) is 42.0 Å². The molecule has 5 heterocycles. The number of rotatable bonds is 5. The smallest absolute Gasteiger partial charge is 0.178 e. The number of benzene rings is 1. The highest BCUT2D eigenvalue weighted by Crippen LogP contribution is 2.33. The first-order valence-electron chi connectivity index (χ1n) is 11.2. The maximum atomic E-state index is 14.2. The lowest BCUT2D eigenvalue weighted by atomic mass is 10.1. The van der Waals surface area contributed by atoms with Crippen LogP contribution in [0.1, 0.15) is 0 Å². The molecule has 178 valence electrons. The van der Waals surface area contributed by atoms with Crippen molar-refractivity contribution in [2.45, 2.75) is 0 Å². The van der Waals surface area contributed by atoms with Crippen molar-refractivity contribution in [2.75, 3.05) is 26.1 Å². The van der Waals surface area contributed by atoms with Crippen LogP contribution in [0.2, 0.25) is 0 Å². The summed E-state index contributed by atoms with van der Waals surface area (Å²) in [6.07, 6.45) is 5.23. The maximum Gasteiger partial charge on any atom is 0.178 e. The van der Waals surface area contributed by atoms with E-state index in [0.29, 0.717) is 39.5 Å². The van der Waals surface area contributed by atoms with Crippen LogP contribution in [0.3, 0.4) is 0 Å². The molecular formula is C26H21FN8O. The van der Waals surface area contributed by atoms with Crippen molar-refractivity contribution < 1.29 is 9.13 Å². The van der Waals surface area contributed by atoms with E-state index in [9.17, 15) is 4.39 Å². The standard InChI is InChI=1S/C26H21FN8O/c1-35(2)17-9-15(12-28-13-17)20-4-5-21-23(30-20)24(34-33-21)26-31-22-19(6-7-29-25(22)32-26)14-8-16(27)11-18(10-14)36-3/h4-13H,1-3H3,(H,33,34)(H,29,31,32). The van der Waals surface area contributed by atoms with E-state index in [-0.39, 0.29) is 0 Å². The largest absolute Gasteiger partial charge is 0.497 e. The van der Waals surface area contributed by atoms with Crippen LogP contribution in [-0.2, 0) is 0 Å². The number of nitrogens with one attached hydrogen (secondary N) is 2. The highest BCUT2D eigenvalue weighted by molar-refractivity contribution is 5.95. The number of H-pyrrole nitrogens is 2. The van der Waals surface area contributed by atoms with Crippen LogP contribution < -0.4 is 9.64 Å². The molecule has 0 fully saturated rings. The molecule has 9 nitrogen and oxygen atoms in total. The second kappa shape index (κ2) is 8.42. The number of pyridine rings is 3. The Kier molecular flexibility index (Phi) is 5.06. The monoisotopic (exact) mass is 480 g/mol. The van der Waals surface area contributed by atoms with Crippen molar-refractivity contribution in [3.05, 3.63) is 66.9 Å². The van der Waals surface area contributed by atoms with Gasteiger partial charge >= 0.3 is 0 Å². The minimum absolute atomic E-state index is 0.392. The number of aromatic amines is 2.